The molecule has 0 atom stereocenters. The van der Waals surface area contributed by atoms with Crippen LogP contribution in [0.5, 0.6) is 0 Å². The van der Waals surface area contributed by atoms with Crippen LogP contribution in [0, 0.1) is 5.41 Å². The topological polar surface area (TPSA) is 29.1 Å². The molecule has 1 fully saturated rings. The molecule has 0 bridgehead atoms. The van der Waals surface area contributed by atoms with E-state index in [-0.39, 0.29) is 11.3 Å². The summed E-state index contributed by atoms with van der Waals surface area (Å²) in [5, 5.41) is 3.05. The van der Waals surface area contributed by atoms with Crippen molar-refractivity contribution < 1.29 is 4.79 Å². The van der Waals surface area contributed by atoms with Crippen LogP contribution >= 0.6 is 12.6 Å². The van der Waals surface area contributed by atoms with Crippen molar-refractivity contribution in [1.82, 2.24) is 5.32 Å². The zero-order valence-electron chi connectivity index (χ0n) is 22.9. The van der Waals surface area contributed by atoms with Gasteiger partial charge in [0.25, 0.3) is 5.91 Å². The minimum absolute atomic E-state index is 0.0374. The SMILES string of the molecule is C=C/C=C(\C=C)C(=O)NCC1(/C(C=C)=C/C=C)CCCCC1.CC.CC.CC.CC.CS. The summed E-state index contributed by atoms with van der Waals surface area (Å²) in [4.78, 5) is 12.3. The molecule has 0 heterocycles. The molecule has 1 N–H and O–H groups in total. The molecule has 0 aromatic heterocycles. The lowest BCUT2D eigenvalue weighted by atomic mass is 9.68. The van der Waals surface area contributed by atoms with Gasteiger partial charge in [0.2, 0.25) is 0 Å². The fraction of sp³-hybridized carbons (Fsp3) is 0.552. The first-order chi connectivity index (χ1) is 15.6. The van der Waals surface area contributed by atoms with Gasteiger partial charge in [0, 0.05) is 17.5 Å². The van der Waals surface area contributed by atoms with Crippen molar-refractivity contribution in [1.29, 1.82) is 0 Å². The normalized spacial score (nSPS) is 13.4. The van der Waals surface area contributed by atoms with Crippen molar-refractivity contribution in [3.63, 3.8) is 0 Å². The molecule has 1 aliphatic rings. The van der Waals surface area contributed by atoms with Gasteiger partial charge in [-0.05, 0) is 24.7 Å². The second-order valence-corrected chi connectivity index (χ2v) is 5.65. The van der Waals surface area contributed by atoms with Gasteiger partial charge in [-0.15, -0.1) is 0 Å². The molecule has 0 aliphatic heterocycles. The predicted octanol–water partition coefficient (Wildman–Crippen LogP) is 9.30. The van der Waals surface area contributed by atoms with Crippen LogP contribution in [0.2, 0.25) is 0 Å². The number of amides is 1. The summed E-state index contributed by atoms with van der Waals surface area (Å²) in [5.74, 6) is -0.109. The van der Waals surface area contributed by atoms with Crippen molar-refractivity contribution in [3.8, 4) is 0 Å². The third-order valence-corrected chi connectivity index (χ3v) is 4.31. The van der Waals surface area contributed by atoms with Gasteiger partial charge in [-0.25, -0.2) is 0 Å². The average Bonchev–Trinajstić information content (AvgIpc) is 2.90. The van der Waals surface area contributed by atoms with Crippen LogP contribution < -0.4 is 5.32 Å². The Kier molecular flexibility index (Phi) is 43.0. The molecule has 1 amide bonds. The summed E-state index contributed by atoms with van der Waals surface area (Å²) >= 11 is 3.53. The zero-order chi connectivity index (χ0) is 26.4. The van der Waals surface area contributed by atoms with Gasteiger partial charge in [0.15, 0.2) is 0 Å². The molecule has 32 heavy (non-hydrogen) atoms. The summed E-state index contributed by atoms with van der Waals surface area (Å²) in [6, 6.07) is 0. The fourth-order valence-corrected chi connectivity index (χ4v) is 3.10. The smallest absolute Gasteiger partial charge is 0.251 e. The molecule has 0 saturated heterocycles. The van der Waals surface area contributed by atoms with Crippen LogP contribution in [0.15, 0.2) is 73.9 Å². The summed E-state index contributed by atoms with van der Waals surface area (Å²) in [6.45, 7) is 31.6. The van der Waals surface area contributed by atoms with Crippen molar-refractivity contribution in [3.05, 3.63) is 73.9 Å². The van der Waals surface area contributed by atoms with E-state index in [1.165, 1.54) is 19.3 Å². The van der Waals surface area contributed by atoms with Gasteiger partial charge in [-0.2, -0.15) is 12.6 Å². The molecular formula is C29H55NOS. The van der Waals surface area contributed by atoms with Gasteiger partial charge in [0.05, 0.1) is 0 Å². The van der Waals surface area contributed by atoms with Crippen molar-refractivity contribution in [2.45, 2.75) is 87.5 Å². The zero-order valence-corrected chi connectivity index (χ0v) is 23.8. The molecule has 3 heteroatoms. The van der Waals surface area contributed by atoms with Gasteiger partial charge < -0.3 is 5.32 Å². The monoisotopic (exact) mass is 465 g/mol. The molecule has 1 rings (SSSR count). The standard InChI is InChI=1S/C20H27NO.4C2H6.CH4S/c1-5-12-17(7-3)19(22)21-16-20(14-10-9-11-15-20)18(8-4)13-6-2;5*1-2/h5-8,12-13H,1-4,9-11,14-16H2,(H,21,22);4*1-2H3;2H,1H3/b17-12+,18-13+;;;;;. The Hall–Kier alpha value is -1.74. The second kappa shape index (κ2) is 33.9. The first-order valence-electron chi connectivity index (χ1n) is 12.3. The van der Waals surface area contributed by atoms with E-state index in [0.29, 0.717) is 12.1 Å². The summed E-state index contributed by atoms with van der Waals surface area (Å²) in [6.07, 6.45) is 17.9. The Morgan fingerprint density at radius 3 is 1.56 bits per heavy atom. The number of hydrogen-bond donors (Lipinski definition) is 2. The van der Waals surface area contributed by atoms with E-state index in [1.807, 2.05) is 67.5 Å². The van der Waals surface area contributed by atoms with Gasteiger partial charge >= 0.3 is 0 Å². The average molecular weight is 466 g/mol. The maximum atomic E-state index is 12.3. The van der Waals surface area contributed by atoms with E-state index in [1.54, 1.807) is 30.6 Å². The molecule has 0 aromatic rings. The van der Waals surface area contributed by atoms with E-state index in [0.717, 1.165) is 18.4 Å². The predicted molar refractivity (Wildman–Crippen MR) is 156 cm³/mol. The van der Waals surface area contributed by atoms with E-state index in [9.17, 15) is 4.79 Å². The third-order valence-electron chi connectivity index (χ3n) is 4.31. The van der Waals surface area contributed by atoms with Gasteiger partial charge in [-0.3, -0.25) is 4.79 Å². The van der Waals surface area contributed by atoms with Crippen LogP contribution in [0.1, 0.15) is 87.5 Å². The van der Waals surface area contributed by atoms with E-state index in [2.05, 4.69) is 44.3 Å². The van der Waals surface area contributed by atoms with E-state index < -0.39 is 0 Å². The summed E-state index contributed by atoms with van der Waals surface area (Å²) < 4.78 is 0. The number of allylic oxidation sites excluding steroid dienone is 5. The Morgan fingerprint density at radius 1 is 0.781 bits per heavy atom. The molecule has 188 valence electrons. The van der Waals surface area contributed by atoms with Crippen LogP contribution in [0.4, 0.5) is 0 Å². The Labute approximate surface area is 208 Å². The lowest BCUT2D eigenvalue weighted by Gasteiger charge is -2.39. The lowest BCUT2D eigenvalue weighted by molar-refractivity contribution is -0.117. The number of nitrogens with one attached hydrogen (secondary N) is 1. The van der Waals surface area contributed by atoms with E-state index in [4.69, 9.17) is 0 Å². The second-order valence-electron chi connectivity index (χ2n) is 5.65. The molecule has 0 aromatic carbocycles. The van der Waals surface area contributed by atoms with Crippen LogP contribution in [0.3, 0.4) is 0 Å². The molecule has 1 saturated carbocycles. The lowest BCUT2D eigenvalue weighted by Crippen LogP contribution is -2.40. The van der Waals surface area contributed by atoms with Gasteiger partial charge in [0.1, 0.15) is 0 Å². The van der Waals surface area contributed by atoms with Crippen LogP contribution in [-0.2, 0) is 4.79 Å². The quantitative estimate of drug-likeness (QED) is 0.209. The highest BCUT2D eigenvalue weighted by atomic mass is 32.1. The number of thiol groups is 1. The summed E-state index contributed by atoms with van der Waals surface area (Å²) in [7, 11) is 0. The highest BCUT2D eigenvalue weighted by Crippen LogP contribution is 2.42. The Balaban J connectivity index is -0.000000213. The molecule has 2 nitrogen and oxygen atoms in total. The van der Waals surface area contributed by atoms with Crippen molar-refractivity contribution >= 4 is 18.5 Å². The van der Waals surface area contributed by atoms with E-state index >= 15 is 0 Å². The summed E-state index contributed by atoms with van der Waals surface area (Å²) in [5.41, 5.74) is 1.66. The Morgan fingerprint density at radius 2 is 1.22 bits per heavy atom. The maximum absolute atomic E-state index is 12.3. The highest BCUT2D eigenvalue weighted by Gasteiger charge is 2.34. The van der Waals surface area contributed by atoms with Crippen LogP contribution in [0.25, 0.3) is 0 Å². The molecule has 0 spiro atoms. The largest absolute Gasteiger partial charge is 0.351 e. The maximum Gasteiger partial charge on any atom is 0.251 e. The number of carbonyl (C=O) groups is 1. The molecule has 0 radical (unpaired) electrons. The molecule has 0 unspecified atom stereocenters. The van der Waals surface area contributed by atoms with Gasteiger partial charge in [-0.1, -0.05) is 137 Å². The van der Waals surface area contributed by atoms with Crippen molar-refractivity contribution in [2.75, 3.05) is 12.8 Å². The Bertz CT molecular complexity index is 509. The molecular weight excluding hydrogens is 410 g/mol. The third kappa shape index (κ3) is 17.9. The number of hydrogen-bond acceptors (Lipinski definition) is 2. The molecule has 1 aliphatic carbocycles. The van der Waals surface area contributed by atoms with Crippen LogP contribution in [-0.4, -0.2) is 18.7 Å². The van der Waals surface area contributed by atoms with Crippen molar-refractivity contribution in [2.24, 2.45) is 5.41 Å². The minimum atomic E-state index is -0.109. The first-order valence-corrected chi connectivity index (χ1v) is 13.2. The number of carbonyl (C=O) groups excluding carboxylic acids is 1. The minimum Gasteiger partial charge on any atom is -0.351 e. The number of rotatable bonds is 8. The highest BCUT2D eigenvalue weighted by molar-refractivity contribution is 7.79. The fourth-order valence-electron chi connectivity index (χ4n) is 3.10. The first kappa shape index (κ1) is 40.6.